The van der Waals surface area contributed by atoms with Crippen LogP contribution in [-0.2, 0) is 21.1 Å². The Hall–Kier alpha value is -2.08. The molecule has 1 heterocycles. The fraction of sp³-hybridized carbons (Fsp3) is 0.267. The zero-order valence-corrected chi connectivity index (χ0v) is 12.3. The number of hydrogen-bond acceptors (Lipinski definition) is 4. The van der Waals surface area contributed by atoms with Crippen molar-refractivity contribution < 1.29 is 17.6 Å². The van der Waals surface area contributed by atoms with E-state index in [9.17, 15) is 13.2 Å². The van der Waals surface area contributed by atoms with Gasteiger partial charge >= 0.3 is 0 Å². The van der Waals surface area contributed by atoms with E-state index >= 15 is 0 Å². The maximum Gasteiger partial charge on any atom is 0.220 e. The molecule has 0 aliphatic carbocycles. The minimum atomic E-state index is -3.35. The minimum Gasteiger partial charge on any atom is -0.469 e. The van der Waals surface area contributed by atoms with Crippen LogP contribution in [0.5, 0.6) is 0 Å². The Morgan fingerprint density at radius 1 is 1.10 bits per heavy atom. The van der Waals surface area contributed by atoms with E-state index in [1.54, 1.807) is 48.7 Å². The van der Waals surface area contributed by atoms with Crippen molar-refractivity contribution in [2.75, 3.05) is 12.3 Å². The number of rotatable bonds is 7. The Kier molecular flexibility index (Phi) is 5.16. The standard InChI is InChI=1S/C15H17NO4S/c17-15(9-8-13-5-4-11-20-13)16-10-12-21(18,19)14-6-2-1-3-7-14/h1-7,11H,8-10,12H2,(H,16,17). The van der Waals surface area contributed by atoms with E-state index in [1.807, 2.05) is 0 Å². The predicted octanol–water partition coefficient (Wildman–Crippen LogP) is 1.80. The summed E-state index contributed by atoms with van der Waals surface area (Å²) in [6.45, 7) is 0.105. The monoisotopic (exact) mass is 307 g/mol. The smallest absolute Gasteiger partial charge is 0.220 e. The van der Waals surface area contributed by atoms with Crippen LogP contribution in [-0.4, -0.2) is 26.6 Å². The summed E-state index contributed by atoms with van der Waals surface area (Å²) in [6.07, 6.45) is 2.34. The average Bonchev–Trinajstić information content (AvgIpc) is 2.99. The van der Waals surface area contributed by atoms with Gasteiger partial charge in [0.2, 0.25) is 5.91 Å². The first kappa shape index (κ1) is 15.3. The van der Waals surface area contributed by atoms with E-state index in [0.717, 1.165) is 5.76 Å². The van der Waals surface area contributed by atoms with Gasteiger partial charge in [-0.1, -0.05) is 18.2 Å². The van der Waals surface area contributed by atoms with E-state index in [2.05, 4.69) is 5.32 Å². The van der Waals surface area contributed by atoms with Gasteiger partial charge in [-0.2, -0.15) is 0 Å². The number of carbonyl (C=O) groups excluding carboxylic acids is 1. The van der Waals surface area contributed by atoms with Gasteiger partial charge < -0.3 is 9.73 Å². The van der Waals surface area contributed by atoms with E-state index < -0.39 is 9.84 Å². The SMILES string of the molecule is O=C(CCc1ccco1)NCCS(=O)(=O)c1ccccc1. The number of nitrogens with one attached hydrogen (secondary N) is 1. The molecule has 2 aromatic rings. The van der Waals surface area contributed by atoms with Gasteiger partial charge in [0.25, 0.3) is 0 Å². The van der Waals surface area contributed by atoms with Crippen molar-refractivity contribution in [1.29, 1.82) is 0 Å². The molecule has 0 bridgehead atoms. The summed E-state index contributed by atoms with van der Waals surface area (Å²) in [5.74, 6) is 0.445. The van der Waals surface area contributed by atoms with E-state index in [4.69, 9.17) is 4.42 Å². The van der Waals surface area contributed by atoms with Crippen molar-refractivity contribution in [2.24, 2.45) is 0 Å². The summed E-state index contributed by atoms with van der Waals surface area (Å²) in [5, 5.41) is 2.61. The Morgan fingerprint density at radius 3 is 2.52 bits per heavy atom. The predicted molar refractivity (Wildman–Crippen MR) is 78.5 cm³/mol. The van der Waals surface area contributed by atoms with Crippen molar-refractivity contribution in [3.05, 3.63) is 54.5 Å². The highest BCUT2D eigenvalue weighted by atomic mass is 32.2. The first-order valence-corrected chi connectivity index (χ1v) is 8.30. The highest BCUT2D eigenvalue weighted by Crippen LogP contribution is 2.09. The third kappa shape index (κ3) is 4.75. The van der Waals surface area contributed by atoms with Crippen LogP contribution >= 0.6 is 0 Å². The quantitative estimate of drug-likeness (QED) is 0.846. The molecule has 1 amide bonds. The van der Waals surface area contributed by atoms with Crippen LogP contribution in [0.15, 0.2) is 58.0 Å². The maximum atomic E-state index is 12.0. The molecule has 0 saturated carbocycles. The van der Waals surface area contributed by atoms with Gasteiger partial charge in [-0.05, 0) is 24.3 Å². The van der Waals surface area contributed by atoms with Crippen molar-refractivity contribution >= 4 is 15.7 Å². The van der Waals surface area contributed by atoms with Crippen LogP contribution in [0.4, 0.5) is 0 Å². The Bertz CT molecular complexity index is 663. The minimum absolute atomic E-state index is 0.105. The molecule has 0 saturated heterocycles. The number of amides is 1. The largest absolute Gasteiger partial charge is 0.469 e. The molecule has 5 nitrogen and oxygen atoms in total. The molecule has 1 aromatic carbocycles. The van der Waals surface area contributed by atoms with Crippen LogP contribution in [0.3, 0.4) is 0 Å². The van der Waals surface area contributed by atoms with Crippen LogP contribution < -0.4 is 5.32 Å². The molecule has 0 spiro atoms. The Balaban J connectivity index is 1.75. The van der Waals surface area contributed by atoms with Crippen molar-refractivity contribution in [3.8, 4) is 0 Å². The van der Waals surface area contributed by atoms with Crippen LogP contribution in [0, 0.1) is 0 Å². The second-order valence-corrected chi connectivity index (χ2v) is 6.67. The molecule has 6 heteroatoms. The van der Waals surface area contributed by atoms with Crippen LogP contribution in [0.1, 0.15) is 12.2 Å². The Morgan fingerprint density at radius 2 is 1.86 bits per heavy atom. The van der Waals surface area contributed by atoms with E-state index in [0.29, 0.717) is 6.42 Å². The molecule has 1 N–H and O–H groups in total. The molecule has 21 heavy (non-hydrogen) atoms. The average molecular weight is 307 g/mol. The number of sulfone groups is 1. The van der Waals surface area contributed by atoms with Gasteiger partial charge in [-0.3, -0.25) is 4.79 Å². The maximum absolute atomic E-state index is 12.0. The highest BCUT2D eigenvalue weighted by Gasteiger charge is 2.14. The zero-order chi connectivity index (χ0) is 15.1. The molecule has 112 valence electrons. The third-order valence-corrected chi connectivity index (χ3v) is 4.71. The van der Waals surface area contributed by atoms with Gasteiger partial charge in [0.1, 0.15) is 5.76 Å². The molecule has 0 fully saturated rings. The zero-order valence-electron chi connectivity index (χ0n) is 11.5. The third-order valence-electron chi connectivity index (χ3n) is 2.97. The van der Waals surface area contributed by atoms with Gasteiger partial charge in [0.05, 0.1) is 16.9 Å². The first-order chi connectivity index (χ1) is 10.1. The molecular weight excluding hydrogens is 290 g/mol. The summed E-state index contributed by atoms with van der Waals surface area (Å²) in [5.41, 5.74) is 0. The summed E-state index contributed by atoms with van der Waals surface area (Å²) in [7, 11) is -3.35. The van der Waals surface area contributed by atoms with Crippen LogP contribution in [0.25, 0.3) is 0 Å². The number of hydrogen-bond donors (Lipinski definition) is 1. The molecule has 0 unspecified atom stereocenters. The van der Waals surface area contributed by atoms with E-state index in [-0.39, 0.29) is 29.5 Å². The summed E-state index contributed by atoms with van der Waals surface area (Å²) >= 11 is 0. The number of furan rings is 1. The lowest BCUT2D eigenvalue weighted by Crippen LogP contribution is -2.29. The van der Waals surface area contributed by atoms with Gasteiger partial charge in [-0.25, -0.2) is 8.42 Å². The molecule has 0 aliphatic rings. The van der Waals surface area contributed by atoms with Crippen molar-refractivity contribution in [1.82, 2.24) is 5.32 Å². The first-order valence-electron chi connectivity index (χ1n) is 6.65. The van der Waals surface area contributed by atoms with Gasteiger partial charge in [-0.15, -0.1) is 0 Å². The number of aryl methyl sites for hydroxylation is 1. The lowest BCUT2D eigenvalue weighted by atomic mass is 10.2. The highest BCUT2D eigenvalue weighted by molar-refractivity contribution is 7.91. The lowest BCUT2D eigenvalue weighted by Gasteiger charge is -2.06. The molecule has 0 aliphatic heterocycles. The number of benzene rings is 1. The molecule has 0 atom stereocenters. The van der Waals surface area contributed by atoms with Gasteiger partial charge in [0.15, 0.2) is 9.84 Å². The topological polar surface area (TPSA) is 76.4 Å². The second kappa shape index (κ2) is 7.08. The normalized spacial score (nSPS) is 11.2. The van der Waals surface area contributed by atoms with Crippen molar-refractivity contribution in [2.45, 2.75) is 17.7 Å². The molecule has 0 radical (unpaired) electrons. The second-order valence-electron chi connectivity index (χ2n) is 4.56. The fourth-order valence-corrected chi connectivity index (χ4v) is 3.03. The molecule has 2 rings (SSSR count). The molecule has 1 aromatic heterocycles. The van der Waals surface area contributed by atoms with Gasteiger partial charge in [0, 0.05) is 19.4 Å². The fourth-order valence-electron chi connectivity index (χ4n) is 1.85. The number of carbonyl (C=O) groups is 1. The molecular formula is C15H17NO4S. The van der Waals surface area contributed by atoms with E-state index in [1.165, 1.54) is 0 Å². The van der Waals surface area contributed by atoms with Crippen LogP contribution in [0.2, 0.25) is 0 Å². The Labute approximate surface area is 123 Å². The summed E-state index contributed by atoms with van der Waals surface area (Å²) in [4.78, 5) is 11.9. The summed E-state index contributed by atoms with van der Waals surface area (Å²) in [6, 6.07) is 11.8. The summed E-state index contributed by atoms with van der Waals surface area (Å²) < 4.78 is 29.1. The lowest BCUT2D eigenvalue weighted by molar-refractivity contribution is -0.121. The van der Waals surface area contributed by atoms with Crippen molar-refractivity contribution in [3.63, 3.8) is 0 Å².